The van der Waals surface area contributed by atoms with Crippen LogP contribution in [0.1, 0.15) is 11.1 Å². The molecule has 0 unspecified atom stereocenters. The number of nitrogens with zero attached hydrogens (tertiary/aromatic N) is 2. The summed E-state index contributed by atoms with van der Waals surface area (Å²) in [5.41, 5.74) is 0.834. The first-order valence-corrected chi connectivity index (χ1v) is 7.51. The fourth-order valence-corrected chi connectivity index (χ4v) is 2.72. The Hall–Kier alpha value is -3.33. The smallest absolute Gasteiger partial charge is 0.258 e. The standard InChI is InChI=1S/C19H15FN2O3/c1-24-17-4-3-12(10-21)7-14(17)11-22-6-5-13-8-18(25-2)16(20)9-15(13)19(22)23/h3-9H,11H2,1-2H3. The number of benzene rings is 2. The number of methoxy groups -OCH3 is 2. The van der Waals surface area contributed by atoms with Crippen molar-refractivity contribution in [3.05, 3.63) is 69.9 Å². The van der Waals surface area contributed by atoms with Crippen molar-refractivity contribution >= 4 is 10.8 Å². The Labute approximate surface area is 143 Å². The normalized spacial score (nSPS) is 10.5. The lowest BCUT2D eigenvalue weighted by atomic mass is 10.1. The van der Waals surface area contributed by atoms with E-state index in [2.05, 4.69) is 6.07 Å². The number of hydrogen-bond acceptors (Lipinski definition) is 4. The van der Waals surface area contributed by atoms with E-state index >= 15 is 0 Å². The second kappa shape index (κ2) is 6.65. The number of aromatic nitrogens is 1. The molecular formula is C19H15FN2O3. The lowest BCUT2D eigenvalue weighted by Gasteiger charge is -2.12. The van der Waals surface area contributed by atoms with E-state index in [-0.39, 0.29) is 23.2 Å². The van der Waals surface area contributed by atoms with Crippen LogP contribution in [0, 0.1) is 17.1 Å². The second-order valence-electron chi connectivity index (χ2n) is 5.46. The molecule has 5 nitrogen and oxygen atoms in total. The van der Waals surface area contributed by atoms with E-state index in [9.17, 15) is 9.18 Å². The van der Waals surface area contributed by atoms with Crippen molar-refractivity contribution in [2.75, 3.05) is 14.2 Å². The molecule has 0 spiro atoms. The minimum absolute atomic E-state index is 0.0908. The van der Waals surface area contributed by atoms with Gasteiger partial charge in [0.15, 0.2) is 11.6 Å². The van der Waals surface area contributed by atoms with Crippen LogP contribution in [0.15, 0.2) is 47.4 Å². The molecule has 0 N–H and O–H groups in total. The number of nitriles is 1. The minimum Gasteiger partial charge on any atom is -0.496 e. The van der Waals surface area contributed by atoms with Crippen LogP contribution in [0.3, 0.4) is 0 Å². The van der Waals surface area contributed by atoms with Crippen molar-refractivity contribution in [3.63, 3.8) is 0 Å². The number of rotatable bonds is 4. The number of ether oxygens (including phenoxy) is 2. The van der Waals surface area contributed by atoms with Gasteiger partial charge >= 0.3 is 0 Å². The summed E-state index contributed by atoms with van der Waals surface area (Å²) < 4.78 is 25.6. The SMILES string of the molecule is COc1cc2ccn(Cc3cc(C#N)ccc3OC)c(=O)c2cc1F. The molecule has 0 aliphatic heterocycles. The Kier molecular flexibility index (Phi) is 4.40. The number of pyridine rings is 1. The molecule has 25 heavy (non-hydrogen) atoms. The van der Waals surface area contributed by atoms with Gasteiger partial charge < -0.3 is 14.0 Å². The molecule has 0 bridgehead atoms. The monoisotopic (exact) mass is 338 g/mol. The topological polar surface area (TPSA) is 64.2 Å². The van der Waals surface area contributed by atoms with E-state index in [4.69, 9.17) is 14.7 Å². The second-order valence-corrected chi connectivity index (χ2v) is 5.46. The van der Waals surface area contributed by atoms with E-state index in [1.165, 1.54) is 30.9 Å². The molecule has 0 saturated carbocycles. The van der Waals surface area contributed by atoms with Gasteiger partial charge in [-0.05, 0) is 41.8 Å². The number of halogens is 1. The van der Waals surface area contributed by atoms with Crippen LogP contribution in [0.25, 0.3) is 10.8 Å². The summed E-state index contributed by atoms with van der Waals surface area (Å²) in [6.45, 7) is 0.209. The van der Waals surface area contributed by atoms with Crippen LogP contribution in [0.2, 0.25) is 0 Å². The van der Waals surface area contributed by atoms with Crippen LogP contribution in [-0.4, -0.2) is 18.8 Å². The molecule has 126 valence electrons. The van der Waals surface area contributed by atoms with E-state index in [0.717, 1.165) is 0 Å². The molecule has 0 aliphatic rings. The Bertz CT molecular complexity index is 1050. The molecule has 0 atom stereocenters. The average molecular weight is 338 g/mol. The van der Waals surface area contributed by atoms with Crippen LogP contribution >= 0.6 is 0 Å². The Morgan fingerprint density at radius 2 is 1.88 bits per heavy atom. The fraction of sp³-hybridized carbons (Fsp3) is 0.158. The molecule has 0 amide bonds. The van der Waals surface area contributed by atoms with Crippen molar-refractivity contribution in [1.82, 2.24) is 4.57 Å². The van der Waals surface area contributed by atoms with E-state index in [1.54, 1.807) is 30.5 Å². The predicted octanol–water partition coefficient (Wildman–Crippen LogP) is 3.08. The van der Waals surface area contributed by atoms with Gasteiger partial charge in [0.25, 0.3) is 5.56 Å². The molecule has 0 radical (unpaired) electrons. The lowest BCUT2D eigenvalue weighted by molar-refractivity contribution is 0.387. The molecule has 0 fully saturated rings. The third-order valence-electron chi connectivity index (χ3n) is 4.00. The largest absolute Gasteiger partial charge is 0.496 e. The molecule has 3 aromatic rings. The van der Waals surface area contributed by atoms with Gasteiger partial charge in [-0.15, -0.1) is 0 Å². The highest BCUT2D eigenvalue weighted by atomic mass is 19.1. The Morgan fingerprint density at radius 1 is 1.12 bits per heavy atom. The highest BCUT2D eigenvalue weighted by Gasteiger charge is 2.11. The first-order valence-electron chi connectivity index (χ1n) is 7.51. The summed E-state index contributed by atoms with van der Waals surface area (Å²) in [4.78, 5) is 12.7. The summed E-state index contributed by atoms with van der Waals surface area (Å²) in [7, 11) is 2.90. The van der Waals surface area contributed by atoms with Gasteiger partial charge in [0.1, 0.15) is 5.75 Å². The summed E-state index contributed by atoms with van der Waals surface area (Å²) >= 11 is 0. The van der Waals surface area contributed by atoms with Crippen LogP contribution in [-0.2, 0) is 6.54 Å². The Morgan fingerprint density at radius 3 is 2.56 bits per heavy atom. The summed E-state index contributed by atoms with van der Waals surface area (Å²) in [6, 6.07) is 11.5. The summed E-state index contributed by atoms with van der Waals surface area (Å²) in [5, 5.41) is 9.91. The zero-order valence-corrected chi connectivity index (χ0v) is 13.7. The van der Waals surface area contributed by atoms with Crippen LogP contribution < -0.4 is 15.0 Å². The third-order valence-corrected chi connectivity index (χ3v) is 4.00. The Balaban J connectivity index is 2.10. The first-order chi connectivity index (χ1) is 12.1. The molecular weight excluding hydrogens is 323 g/mol. The van der Waals surface area contributed by atoms with Gasteiger partial charge in [-0.1, -0.05) is 0 Å². The maximum Gasteiger partial charge on any atom is 0.258 e. The van der Waals surface area contributed by atoms with Crippen molar-refractivity contribution in [3.8, 4) is 17.6 Å². The predicted molar refractivity (Wildman–Crippen MR) is 91.5 cm³/mol. The lowest BCUT2D eigenvalue weighted by Crippen LogP contribution is -2.20. The molecule has 0 saturated heterocycles. The van der Waals surface area contributed by atoms with Crippen molar-refractivity contribution in [2.45, 2.75) is 6.54 Å². The van der Waals surface area contributed by atoms with Gasteiger partial charge in [-0.25, -0.2) is 4.39 Å². The average Bonchev–Trinajstić information content (AvgIpc) is 2.64. The highest BCUT2D eigenvalue weighted by molar-refractivity contribution is 5.83. The molecule has 2 aromatic carbocycles. The fourth-order valence-electron chi connectivity index (χ4n) is 2.72. The third kappa shape index (κ3) is 3.04. The maximum absolute atomic E-state index is 13.9. The number of hydrogen-bond donors (Lipinski definition) is 0. The quantitative estimate of drug-likeness (QED) is 0.733. The molecule has 3 rings (SSSR count). The van der Waals surface area contributed by atoms with Crippen molar-refractivity contribution in [2.24, 2.45) is 0 Å². The molecule has 0 aliphatic carbocycles. The van der Waals surface area contributed by atoms with Crippen LogP contribution in [0.5, 0.6) is 11.5 Å². The van der Waals surface area contributed by atoms with Crippen molar-refractivity contribution in [1.29, 1.82) is 5.26 Å². The first kappa shape index (κ1) is 16.5. The van der Waals surface area contributed by atoms with E-state index < -0.39 is 5.82 Å². The van der Waals surface area contributed by atoms with E-state index in [0.29, 0.717) is 22.3 Å². The van der Waals surface area contributed by atoms with Gasteiger partial charge in [-0.2, -0.15) is 5.26 Å². The highest BCUT2D eigenvalue weighted by Crippen LogP contribution is 2.24. The zero-order valence-electron chi connectivity index (χ0n) is 13.7. The van der Waals surface area contributed by atoms with Crippen molar-refractivity contribution < 1.29 is 13.9 Å². The minimum atomic E-state index is -0.589. The summed E-state index contributed by atoms with van der Waals surface area (Å²) in [5.74, 6) is 0.0776. The summed E-state index contributed by atoms with van der Waals surface area (Å²) in [6.07, 6.45) is 1.63. The van der Waals surface area contributed by atoms with E-state index in [1.807, 2.05) is 0 Å². The van der Waals surface area contributed by atoms with Crippen LogP contribution in [0.4, 0.5) is 4.39 Å². The van der Waals surface area contributed by atoms with Gasteiger partial charge in [0, 0.05) is 11.8 Å². The molecule has 1 heterocycles. The number of fused-ring (bicyclic) bond motifs is 1. The molecule has 6 heteroatoms. The zero-order chi connectivity index (χ0) is 18.0. The molecule has 1 aromatic heterocycles. The maximum atomic E-state index is 13.9. The van der Waals surface area contributed by atoms with Gasteiger partial charge in [0.2, 0.25) is 0 Å². The van der Waals surface area contributed by atoms with Gasteiger partial charge in [0.05, 0.1) is 37.8 Å². The van der Waals surface area contributed by atoms with Gasteiger partial charge in [-0.3, -0.25) is 4.79 Å².